The smallest absolute Gasteiger partial charge is 0.269 e. The number of carbonyl (C=O) groups excluding carboxylic acids is 1. The average Bonchev–Trinajstić information content (AvgIpc) is 3.20. The molecule has 4 heterocycles. The van der Waals surface area contributed by atoms with E-state index in [4.69, 9.17) is 0 Å². The Kier molecular flexibility index (Phi) is 5.90. The van der Waals surface area contributed by atoms with Crippen LogP contribution >= 0.6 is 0 Å². The Morgan fingerprint density at radius 1 is 1.35 bits per heavy atom. The first-order chi connectivity index (χ1) is 15.0. The summed E-state index contributed by atoms with van der Waals surface area (Å²) in [6.45, 7) is 4.19. The summed E-state index contributed by atoms with van der Waals surface area (Å²) in [4.78, 5) is 37.1. The van der Waals surface area contributed by atoms with Gasteiger partial charge in [0.25, 0.3) is 11.5 Å². The van der Waals surface area contributed by atoms with E-state index >= 15 is 0 Å². The van der Waals surface area contributed by atoms with Gasteiger partial charge in [0.1, 0.15) is 5.69 Å². The zero-order valence-electron chi connectivity index (χ0n) is 17.5. The van der Waals surface area contributed by atoms with E-state index in [-0.39, 0.29) is 11.3 Å². The molecule has 1 aliphatic heterocycles. The number of aryl methyl sites for hydroxylation is 1. The van der Waals surface area contributed by atoms with Crippen LogP contribution in [0.15, 0.2) is 40.8 Å². The molecule has 0 atom stereocenters. The minimum absolute atomic E-state index is 0.0584. The van der Waals surface area contributed by atoms with Gasteiger partial charge in [0.15, 0.2) is 0 Å². The maximum atomic E-state index is 14.3. The monoisotopic (exact) mass is 421 g/mol. The lowest BCUT2D eigenvalue weighted by molar-refractivity contribution is 0.0957. The molecular formula is C23H24FN5O2. The van der Waals surface area contributed by atoms with Gasteiger partial charge in [-0.3, -0.25) is 19.5 Å². The van der Waals surface area contributed by atoms with Crippen LogP contribution < -0.4 is 10.9 Å². The number of likely N-dealkylation sites (tertiary alicyclic amines) is 1. The largest absolute Gasteiger partial charge is 0.354 e. The van der Waals surface area contributed by atoms with Crippen LogP contribution in [0.3, 0.4) is 0 Å². The fraction of sp³-hybridized carbons (Fsp3) is 0.304. The highest BCUT2D eigenvalue weighted by Crippen LogP contribution is 2.22. The van der Waals surface area contributed by atoms with Gasteiger partial charge >= 0.3 is 0 Å². The lowest BCUT2D eigenvalue weighted by atomic mass is 10.1. The number of carbonyl (C=O) groups is 1. The Balaban J connectivity index is 1.47. The molecule has 0 aliphatic carbocycles. The number of hydrogen-bond acceptors (Lipinski definition) is 5. The standard InChI is InChI=1S/C23H24FN5O2/c1-3-16-10-19-20(28-22(16)30)9-15(11-26-19)13-29-7-6-14(12-29)8-17-4-5-18(23(31)25-2)27-21(17)24/h4-5,8-11H,3,6-7,12-13H2,1-2H3,(H,25,31)(H,28,30)/b14-8+. The molecule has 8 heteroatoms. The van der Waals surface area contributed by atoms with E-state index in [1.165, 1.54) is 13.1 Å². The third-order valence-corrected chi connectivity index (χ3v) is 5.49. The van der Waals surface area contributed by atoms with Crippen LogP contribution in [-0.4, -0.2) is 45.9 Å². The van der Waals surface area contributed by atoms with Gasteiger partial charge in [0, 0.05) is 44.0 Å². The maximum Gasteiger partial charge on any atom is 0.269 e. The van der Waals surface area contributed by atoms with Gasteiger partial charge < -0.3 is 10.3 Å². The van der Waals surface area contributed by atoms with E-state index in [0.29, 0.717) is 25.1 Å². The van der Waals surface area contributed by atoms with Crippen molar-refractivity contribution in [1.29, 1.82) is 0 Å². The summed E-state index contributed by atoms with van der Waals surface area (Å²) in [6, 6.07) is 6.90. The summed E-state index contributed by atoms with van der Waals surface area (Å²) in [5.41, 5.74) is 4.72. The molecule has 4 rings (SSSR count). The normalized spacial score (nSPS) is 15.6. The summed E-state index contributed by atoms with van der Waals surface area (Å²) in [5.74, 6) is -1.07. The minimum atomic E-state index is -0.652. The molecule has 31 heavy (non-hydrogen) atoms. The topological polar surface area (TPSA) is 91.0 Å². The molecule has 0 unspecified atom stereocenters. The van der Waals surface area contributed by atoms with Gasteiger partial charge in [-0.25, -0.2) is 4.98 Å². The number of H-pyrrole nitrogens is 1. The summed E-state index contributed by atoms with van der Waals surface area (Å²) in [5, 5.41) is 2.43. The number of hydrogen-bond donors (Lipinski definition) is 2. The number of amides is 1. The highest BCUT2D eigenvalue weighted by Gasteiger charge is 2.18. The van der Waals surface area contributed by atoms with Crippen molar-refractivity contribution in [1.82, 2.24) is 25.2 Å². The SMILES string of the molecule is CCc1cc2ncc(CN3CC/C(=C\c4ccc(C(=O)NC)nc4F)C3)cc2[nH]c1=O. The number of rotatable bonds is 5. The molecule has 7 nitrogen and oxygen atoms in total. The summed E-state index contributed by atoms with van der Waals surface area (Å²) in [7, 11) is 1.48. The lowest BCUT2D eigenvalue weighted by Crippen LogP contribution is -2.19. The van der Waals surface area contributed by atoms with Crippen LogP contribution in [0.4, 0.5) is 4.39 Å². The zero-order valence-corrected chi connectivity index (χ0v) is 17.5. The van der Waals surface area contributed by atoms with Crippen molar-refractivity contribution in [2.45, 2.75) is 26.3 Å². The number of pyridine rings is 3. The van der Waals surface area contributed by atoms with Gasteiger partial charge in [-0.2, -0.15) is 4.39 Å². The molecule has 3 aromatic heterocycles. The second-order valence-corrected chi connectivity index (χ2v) is 7.67. The third kappa shape index (κ3) is 4.54. The van der Waals surface area contributed by atoms with Crippen LogP contribution in [0.2, 0.25) is 0 Å². The lowest BCUT2D eigenvalue weighted by Gasteiger charge is -2.14. The average molecular weight is 421 g/mol. The second-order valence-electron chi connectivity index (χ2n) is 7.67. The maximum absolute atomic E-state index is 14.3. The molecular weight excluding hydrogens is 397 g/mol. The van der Waals surface area contributed by atoms with Crippen molar-refractivity contribution in [2.24, 2.45) is 0 Å². The summed E-state index contributed by atoms with van der Waals surface area (Å²) >= 11 is 0. The molecule has 0 spiro atoms. The van der Waals surface area contributed by atoms with Crippen LogP contribution in [0.5, 0.6) is 0 Å². The van der Waals surface area contributed by atoms with Gasteiger partial charge in [-0.15, -0.1) is 0 Å². The van der Waals surface area contributed by atoms with Crippen molar-refractivity contribution >= 4 is 23.0 Å². The minimum Gasteiger partial charge on any atom is -0.354 e. The van der Waals surface area contributed by atoms with Crippen LogP contribution in [0.25, 0.3) is 17.1 Å². The molecule has 0 bridgehead atoms. The Labute approximate surface area is 179 Å². The second kappa shape index (κ2) is 8.77. The van der Waals surface area contributed by atoms with E-state index in [1.54, 1.807) is 12.1 Å². The predicted octanol–water partition coefficient (Wildman–Crippen LogP) is 2.67. The van der Waals surface area contributed by atoms with Crippen LogP contribution in [0, 0.1) is 5.95 Å². The molecule has 1 fully saturated rings. The Hall–Kier alpha value is -3.39. The summed E-state index contributed by atoms with van der Waals surface area (Å²) < 4.78 is 14.3. The van der Waals surface area contributed by atoms with Crippen LogP contribution in [-0.2, 0) is 13.0 Å². The summed E-state index contributed by atoms with van der Waals surface area (Å²) in [6.07, 6.45) is 5.14. The van der Waals surface area contributed by atoms with Crippen LogP contribution in [0.1, 0.15) is 40.5 Å². The van der Waals surface area contributed by atoms with E-state index < -0.39 is 11.9 Å². The highest BCUT2D eigenvalue weighted by atomic mass is 19.1. The zero-order chi connectivity index (χ0) is 22.0. The van der Waals surface area contributed by atoms with Crippen molar-refractivity contribution in [2.75, 3.05) is 20.1 Å². The first-order valence-corrected chi connectivity index (χ1v) is 10.3. The highest BCUT2D eigenvalue weighted by molar-refractivity contribution is 5.92. The number of nitrogens with one attached hydrogen (secondary N) is 2. The van der Waals surface area contributed by atoms with E-state index in [0.717, 1.165) is 40.7 Å². The fourth-order valence-corrected chi connectivity index (χ4v) is 3.80. The molecule has 1 amide bonds. The van der Waals surface area contributed by atoms with Crippen molar-refractivity contribution < 1.29 is 9.18 Å². The quantitative estimate of drug-likeness (QED) is 0.618. The fourth-order valence-electron chi connectivity index (χ4n) is 3.80. The number of halogens is 1. The number of fused-ring (bicyclic) bond motifs is 1. The first-order valence-electron chi connectivity index (χ1n) is 10.3. The van der Waals surface area contributed by atoms with E-state index in [1.807, 2.05) is 25.3 Å². The van der Waals surface area contributed by atoms with Crippen molar-refractivity contribution in [3.63, 3.8) is 0 Å². The van der Waals surface area contributed by atoms with E-state index in [2.05, 4.69) is 25.2 Å². The molecule has 0 radical (unpaired) electrons. The first kappa shape index (κ1) is 20.9. The predicted molar refractivity (Wildman–Crippen MR) is 117 cm³/mol. The Morgan fingerprint density at radius 3 is 2.94 bits per heavy atom. The van der Waals surface area contributed by atoms with Gasteiger partial charge in [0.2, 0.25) is 5.95 Å². The molecule has 2 N–H and O–H groups in total. The van der Waals surface area contributed by atoms with E-state index in [9.17, 15) is 14.0 Å². The molecule has 3 aromatic rings. The number of nitrogens with zero attached hydrogens (tertiary/aromatic N) is 3. The van der Waals surface area contributed by atoms with Crippen molar-refractivity contribution in [3.05, 3.63) is 74.7 Å². The van der Waals surface area contributed by atoms with Crippen molar-refractivity contribution in [3.8, 4) is 0 Å². The van der Waals surface area contributed by atoms with Gasteiger partial charge in [0.05, 0.1) is 11.0 Å². The number of aromatic nitrogens is 3. The third-order valence-electron chi connectivity index (χ3n) is 5.49. The van der Waals surface area contributed by atoms with Gasteiger partial charge in [-0.05, 0) is 48.7 Å². The Morgan fingerprint density at radius 2 is 2.19 bits per heavy atom. The molecule has 1 aliphatic rings. The molecule has 0 aromatic carbocycles. The number of aromatic amines is 1. The molecule has 1 saturated heterocycles. The Bertz CT molecular complexity index is 1230. The molecule has 160 valence electrons. The molecule has 0 saturated carbocycles. The van der Waals surface area contributed by atoms with Gasteiger partial charge in [-0.1, -0.05) is 12.5 Å².